The van der Waals surface area contributed by atoms with Crippen LogP contribution in [0.3, 0.4) is 0 Å². The van der Waals surface area contributed by atoms with Crippen molar-refractivity contribution in [2.75, 3.05) is 19.8 Å². The standard InChI is InChI=1S/C15H26O13/c16-1-5-8(19)11(22)14(26-5)28-12-7(18)4(17)2-25-15(12)27-6-3-24-13(23)10(21)9(6)20/h4-23H,1-3H2/t4-,5+,6-,7+,8+,9+,10-,11-,12-,13+,14+,15-/m1/s1. The molecule has 0 aromatic rings. The first-order valence-corrected chi connectivity index (χ1v) is 8.81. The molecule has 13 heteroatoms. The van der Waals surface area contributed by atoms with Gasteiger partial charge >= 0.3 is 0 Å². The Bertz CT molecular complexity index is 508. The first-order chi connectivity index (χ1) is 13.2. The normalized spacial score (nSPS) is 52.7. The lowest BCUT2D eigenvalue weighted by Gasteiger charge is -2.42. The van der Waals surface area contributed by atoms with Crippen LogP contribution in [0.1, 0.15) is 0 Å². The summed E-state index contributed by atoms with van der Waals surface area (Å²) in [5.74, 6) is 0. The van der Waals surface area contributed by atoms with E-state index in [1.54, 1.807) is 0 Å². The van der Waals surface area contributed by atoms with Crippen molar-refractivity contribution in [3.63, 3.8) is 0 Å². The Labute approximate surface area is 159 Å². The number of rotatable bonds is 5. The van der Waals surface area contributed by atoms with Gasteiger partial charge in [0.1, 0.15) is 54.9 Å². The molecule has 13 nitrogen and oxygen atoms in total. The second kappa shape index (κ2) is 9.09. The molecule has 0 amide bonds. The van der Waals surface area contributed by atoms with E-state index in [4.69, 9.17) is 28.8 Å². The first-order valence-electron chi connectivity index (χ1n) is 8.81. The smallest absolute Gasteiger partial charge is 0.187 e. The summed E-state index contributed by atoms with van der Waals surface area (Å²) in [4.78, 5) is 0. The number of hydrogen-bond donors (Lipinski definition) is 8. The van der Waals surface area contributed by atoms with Crippen molar-refractivity contribution in [3.05, 3.63) is 0 Å². The van der Waals surface area contributed by atoms with Crippen LogP contribution < -0.4 is 0 Å². The summed E-state index contributed by atoms with van der Waals surface area (Å²) in [7, 11) is 0. The van der Waals surface area contributed by atoms with Gasteiger partial charge in [0.25, 0.3) is 0 Å². The highest BCUT2D eigenvalue weighted by Crippen LogP contribution is 2.29. The fraction of sp³-hybridized carbons (Fsp3) is 1.00. The van der Waals surface area contributed by atoms with Crippen LogP contribution in [0.2, 0.25) is 0 Å². The predicted molar refractivity (Wildman–Crippen MR) is 83.2 cm³/mol. The van der Waals surface area contributed by atoms with Crippen LogP contribution in [0.4, 0.5) is 0 Å². The van der Waals surface area contributed by atoms with Crippen molar-refractivity contribution < 1.29 is 64.5 Å². The SMILES string of the molecule is OC[C@@H]1O[C@@H](O[C@H]2[C@@H](O[C@@H]3CO[C@H](O)[C@H](O)[C@H]3O)OC[C@@H](O)[C@@H]2O)[C@H](O)[C@H]1O. The van der Waals surface area contributed by atoms with Gasteiger partial charge in [0.05, 0.1) is 19.8 Å². The van der Waals surface area contributed by atoms with Gasteiger partial charge in [-0.15, -0.1) is 0 Å². The van der Waals surface area contributed by atoms with Crippen LogP contribution in [0.15, 0.2) is 0 Å². The van der Waals surface area contributed by atoms with E-state index in [0.717, 1.165) is 0 Å². The zero-order valence-electron chi connectivity index (χ0n) is 14.7. The van der Waals surface area contributed by atoms with E-state index >= 15 is 0 Å². The lowest BCUT2D eigenvalue weighted by Crippen LogP contribution is -2.60. The molecule has 3 aliphatic rings. The van der Waals surface area contributed by atoms with Crippen molar-refractivity contribution in [1.82, 2.24) is 0 Å². The molecule has 12 atom stereocenters. The van der Waals surface area contributed by atoms with E-state index in [1.165, 1.54) is 0 Å². The minimum atomic E-state index is -1.64. The van der Waals surface area contributed by atoms with Crippen LogP contribution in [0.5, 0.6) is 0 Å². The van der Waals surface area contributed by atoms with Gasteiger partial charge in [0, 0.05) is 0 Å². The molecule has 0 aromatic heterocycles. The van der Waals surface area contributed by atoms with Gasteiger partial charge in [-0.05, 0) is 0 Å². The van der Waals surface area contributed by atoms with Gasteiger partial charge in [-0.3, -0.25) is 0 Å². The monoisotopic (exact) mass is 414 g/mol. The molecule has 3 fully saturated rings. The molecule has 0 unspecified atom stereocenters. The Hall–Kier alpha value is -0.520. The molecule has 0 radical (unpaired) electrons. The number of ether oxygens (including phenoxy) is 5. The molecule has 3 rings (SSSR count). The summed E-state index contributed by atoms with van der Waals surface area (Å²) in [6.07, 6.45) is -17.2. The Kier molecular flexibility index (Phi) is 7.20. The summed E-state index contributed by atoms with van der Waals surface area (Å²) in [6, 6.07) is 0. The van der Waals surface area contributed by atoms with E-state index in [0.29, 0.717) is 0 Å². The van der Waals surface area contributed by atoms with Crippen molar-refractivity contribution in [2.24, 2.45) is 0 Å². The molecule has 164 valence electrons. The maximum atomic E-state index is 10.3. The molecular formula is C15H26O13. The average Bonchev–Trinajstić information content (AvgIpc) is 2.95. The molecule has 3 aliphatic heterocycles. The highest BCUT2D eigenvalue weighted by atomic mass is 16.8. The van der Waals surface area contributed by atoms with E-state index in [2.05, 4.69) is 0 Å². The Morgan fingerprint density at radius 2 is 1.43 bits per heavy atom. The molecule has 0 bridgehead atoms. The maximum Gasteiger partial charge on any atom is 0.187 e. The lowest BCUT2D eigenvalue weighted by atomic mass is 10.0. The largest absolute Gasteiger partial charge is 0.394 e. The zero-order chi connectivity index (χ0) is 20.6. The van der Waals surface area contributed by atoms with Crippen LogP contribution >= 0.6 is 0 Å². The number of hydrogen-bond acceptors (Lipinski definition) is 13. The van der Waals surface area contributed by atoms with Crippen LogP contribution in [0.25, 0.3) is 0 Å². The van der Waals surface area contributed by atoms with Crippen LogP contribution in [-0.2, 0) is 23.7 Å². The third-order valence-electron chi connectivity index (χ3n) is 4.98. The summed E-state index contributed by atoms with van der Waals surface area (Å²) < 4.78 is 26.3. The Morgan fingerprint density at radius 1 is 0.714 bits per heavy atom. The van der Waals surface area contributed by atoms with Gasteiger partial charge < -0.3 is 64.5 Å². The van der Waals surface area contributed by atoms with Gasteiger partial charge in [0.15, 0.2) is 18.9 Å². The van der Waals surface area contributed by atoms with E-state index in [1.807, 2.05) is 0 Å². The lowest BCUT2D eigenvalue weighted by molar-refractivity contribution is -0.346. The van der Waals surface area contributed by atoms with Crippen molar-refractivity contribution in [2.45, 2.75) is 73.8 Å². The van der Waals surface area contributed by atoms with Crippen LogP contribution in [-0.4, -0.2) is 134 Å². The highest BCUT2D eigenvalue weighted by molar-refractivity contribution is 4.91. The topological polar surface area (TPSA) is 208 Å². The molecule has 0 aromatic carbocycles. The first kappa shape index (κ1) is 22.2. The van der Waals surface area contributed by atoms with Crippen molar-refractivity contribution >= 4 is 0 Å². The van der Waals surface area contributed by atoms with Crippen LogP contribution in [0, 0.1) is 0 Å². The zero-order valence-corrected chi connectivity index (χ0v) is 14.7. The van der Waals surface area contributed by atoms with Crippen molar-refractivity contribution in [1.29, 1.82) is 0 Å². The second-order valence-corrected chi connectivity index (χ2v) is 6.95. The minimum Gasteiger partial charge on any atom is -0.394 e. The van der Waals surface area contributed by atoms with Gasteiger partial charge in [-0.2, -0.15) is 0 Å². The minimum absolute atomic E-state index is 0.307. The van der Waals surface area contributed by atoms with E-state index in [9.17, 15) is 35.7 Å². The fourth-order valence-electron chi connectivity index (χ4n) is 3.23. The van der Waals surface area contributed by atoms with E-state index < -0.39 is 80.4 Å². The predicted octanol–water partition coefficient (Wildman–Crippen LogP) is -5.66. The van der Waals surface area contributed by atoms with Gasteiger partial charge in [-0.1, -0.05) is 0 Å². The van der Waals surface area contributed by atoms with Gasteiger partial charge in [-0.25, -0.2) is 0 Å². The van der Waals surface area contributed by atoms with Gasteiger partial charge in [0.2, 0.25) is 0 Å². The summed E-state index contributed by atoms with van der Waals surface area (Å²) >= 11 is 0. The molecule has 0 aliphatic carbocycles. The molecule has 0 saturated carbocycles. The third kappa shape index (κ3) is 4.32. The Morgan fingerprint density at radius 3 is 2.07 bits per heavy atom. The average molecular weight is 414 g/mol. The summed E-state index contributed by atoms with van der Waals surface area (Å²) in [5.41, 5.74) is 0. The molecular weight excluding hydrogens is 388 g/mol. The maximum absolute atomic E-state index is 10.3. The second-order valence-electron chi connectivity index (χ2n) is 6.95. The molecule has 3 heterocycles. The highest BCUT2D eigenvalue weighted by Gasteiger charge is 2.50. The summed E-state index contributed by atoms with van der Waals surface area (Å²) in [5, 5.41) is 78.1. The third-order valence-corrected chi connectivity index (χ3v) is 4.98. The fourth-order valence-corrected chi connectivity index (χ4v) is 3.23. The van der Waals surface area contributed by atoms with E-state index in [-0.39, 0.29) is 13.2 Å². The molecule has 8 N–H and O–H groups in total. The summed E-state index contributed by atoms with van der Waals surface area (Å²) in [6.45, 7) is -1.23. The van der Waals surface area contributed by atoms with Crippen molar-refractivity contribution in [3.8, 4) is 0 Å². The number of aliphatic hydroxyl groups excluding tert-OH is 8. The molecule has 0 spiro atoms. The quantitative estimate of drug-likeness (QED) is 0.211. The molecule has 3 saturated heterocycles. The molecule has 28 heavy (non-hydrogen) atoms. The number of aliphatic hydroxyl groups is 8. The Balaban J connectivity index is 1.69.